The smallest absolute Gasteiger partial charge is 0.323 e. The van der Waals surface area contributed by atoms with Crippen LogP contribution in [0.3, 0.4) is 0 Å². The van der Waals surface area contributed by atoms with Crippen LogP contribution in [0.4, 0.5) is 5.69 Å². The Hall–Kier alpha value is -4.14. The summed E-state index contributed by atoms with van der Waals surface area (Å²) >= 11 is 0. The average Bonchev–Trinajstić information content (AvgIpc) is 2.91. The van der Waals surface area contributed by atoms with Crippen LogP contribution >= 0.6 is 0 Å². The molecule has 0 radical (unpaired) electrons. The van der Waals surface area contributed by atoms with E-state index in [0.29, 0.717) is 77.9 Å². The van der Waals surface area contributed by atoms with Gasteiger partial charge in [-0.25, -0.2) is 0 Å². The molecule has 0 unspecified atom stereocenters. The predicted molar refractivity (Wildman–Crippen MR) is 153 cm³/mol. The van der Waals surface area contributed by atoms with Crippen molar-refractivity contribution in [1.82, 2.24) is 0 Å². The highest BCUT2D eigenvalue weighted by atomic mass is 16.6. The molecule has 0 atom stereocenters. The number of fused-ring (bicyclic) bond motifs is 6. The second-order valence-electron chi connectivity index (χ2n) is 8.52. The molecule has 0 aliphatic rings. The second kappa shape index (κ2) is 12.1. The number of rotatable bonds is 13. The monoisotopic (exact) mass is 537 g/mol. The van der Waals surface area contributed by atoms with Crippen molar-refractivity contribution in [2.45, 2.75) is 41.5 Å². The molecule has 208 valence electrons. The first kappa shape index (κ1) is 27.9. The highest BCUT2D eigenvalue weighted by molar-refractivity contribution is 6.29. The van der Waals surface area contributed by atoms with Gasteiger partial charge >= 0.3 is 5.69 Å². The van der Waals surface area contributed by atoms with E-state index in [1.54, 1.807) is 6.92 Å². The molecular weight excluding hydrogens is 502 g/mol. The van der Waals surface area contributed by atoms with Gasteiger partial charge in [0.2, 0.25) is 5.75 Å². The van der Waals surface area contributed by atoms with Crippen molar-refractivity contribution in [1.29, 1.82) is 0 Å². The molecule has 9 nitrogen and oxygen atoms in total. The molecule has 4 aromatic carbocycles. The molecule has 0 heterocycles. The Bertz CT molecular complexity index is 1460. The van der Waals surface area contributed by atoms with E-state index < -0.39 is 4.92 Å². The molecule has 9 heteroatoms. The van der Waals surface area contributed by atoms with Crippen molar-refractivity contribution in [3.63, 3.8) is 0 Å². The van der Waals surface area contributed by atoms with Gasteiger partial charge in [-0.15, -0.1) is 0 Å². The van der Waals surface area contributed by atoms with Crippen molar-refractivity contribution in [2.75, 3.05) is 39.6 Å². The van der Waals surface area contributed by atoms with Gasteiger partial charge in [-0.1, -0.05) is 0 Å². The van der Waals surface area contributed by atoms with Gasteiger partial charge in [0.25, 0.3) is 0 Å². The van der Waals surface area contributed by atoms with E-state index >= 15 is 0 Å². The van der Waals surface area contributed by atoms with Crippen LogP contribution in [0.1, 0.15) is 41.5 Å². The lowest BCUT2D eigenvalue weighted by molar-refractivity contribution is -0.384. The molecule has 0 saturated carbocycles. The fourth-order valence-corrected chi connectivity index (χ4v) is 4.90. The van der Waals surface area contributed by atoms with E-state index in [4.69, 9.17) is 28.4 Å². The van der Waals surface area contributed by atoms with E-state index in [-0.39, 0.29) is 18.0 Å². The fraction of sp³-hybridized carbons (Fsp3) is 0.400. The first-order valence-corrected chi connectivity index (χ1v) is 13.4. The van der Waals surface area contributed by atoms with Crippen LogP contribution in [-0.2, 0) is 0 Å². The van der Waals surface area contributed by atoms with Gasteiger partial charge in [-0.05, 0) is 88.0 Å². The molecule has 0 fully saturated rings. The average molecular weight is 538 g/mol. The van der Waals surface area contributed by atoms with E-state index in [9.17, 15) is 10.1 Å². The molecule has 0 amide bonds. The van der Waals surface area contributed by atoms with E-state index in [1.807, 2.05) is 65.0 Å². The summed E-state index contributed by atoms with van der Waals surface area (Å²) in [5, 5.41) is 16.7. The van der Waals surface area contributed by atoms with Crippen LogP contribution in [0.15, 0.2) is 30.3 Å². The predicted octanol–water partition coefficient (Wildman–Crippen LogP) is 7.45. The molecule has 0 aliphatic carbocycles. The standard InChI is InChI=1S/C30H35NO8/c1-7-34-23-13-18-19-14-25(36-9-3)26(37-10-4)16-21(19)28-22(20(18)15-24(23)35-8-2)17-27(38-11-5)30(39-12-6)29(28)31(32)33/h13-17H,7-12H2,1-6H3. The van der Waals surface area contributed by atoms with E-state index in [1.165, 1.54) is 0 Å². The Morgan fingerprint density at radius 3 is 1.18 bits per heavy atom. The normalized spacial score (nSPS) is 11.1. The van der Waals surface area contributed by atoms with Gasteiger partial charge in [0.1, 0.15) is 0 Å². The van der Waals surface area contributed by atoms with Gasteiger partial charge in [0.05, 0.1) is 50.0 Å². The number of hydrogen-bond donors (Lipinski definition) is 0. The summed E-state index contributed by atoms with van der Waals surface area (Å²) in [6.45, 7) is 13.5. The lowest BCUT2D eigenvalue weighted by Gasteiger charge is -2.20. The first-order valence-electron chi connectivity index (χ1n) is 13.4. The van der Waals surface area contributed by atoms with Gasteiger partial charge in [0.15, 0.2) is 28.7 Å². The molecule has 39 heavy (non-hydrogen) atoms. The number of nitro groups is 1. The van der Waals surface area contributed by atoms with Crippen LogP contribution in [-0.4, -0.2) is 44.6 Å². The third kappa shape index (κ3) is 5.13. The lowest BCUT2D eigenvalue weighted by atomic mass is 9.92. The summed E-state index contributed by atoms with van der Waals surface area (Å²) in [5.74, 6) is 2.60. The zero-order valence-electron chi connectivity index (χ0n) is 23.3. The van der Waals surface area contributed by atoms with Crippen LogP contribution in [0.25, 0.3) is 32.3 Å². The highest BCUT2D eigenvalue weighted by Crippen LogP contribution is 2.51. The summed E-state index contributed by atoms with van der Waals surface area (Å²) < 4.78 is 35.4. The van der Waals surface area contributed by atoms with Crippen LogP contribution in [0.2, 0.25) is 0 Å². The van der Waals surface area contributed by atoms with Gasteiger partial charge in [-0.2, -0.15) is 0 Å². The quantitative estimate of drug-likeness (QED) is 0.0985. The number of hydrogen-bond acceptors (Lipinski definition) is 8. The van der Waals surface area contributed by atoms with Crippen molar-refractivity contribution in [3.8, 4) is 34.5 Å². The van der Waals surface area contributed by atoms with Crippen molar-refractivity contribution in [3.05, 3.63) is 40.4 Å². The number of ether oxygens (including phenoxy) is 6. The molecular formula is C30H35NO8. The number of benzene rings is 4. The van der Waals surface area contributed by atoms with Crippen molar-refractivity contribution < 1.29 is 33.3 Å². The largest absolute Gasteiger partial charge is 0.490 e. The van der Waals surface area contributed by atoms with Crippen molar-refractivity contribution >= 4 is 38.0 Å². The Morgan fingerprint density at radius 1 is 0.513 bits per heavy atom. The van der Waals surface area contributed by atoms with E-state index in [2.05, 4.69) is 0 Å². The Balaban J connectivity index is 2.33. The minimum atomic E-state index is -0.407. The first-order chi connectivity index (χ1) is 18.9. The van der Waals surface area contributed by atoms with Gasteiger partial charge in [-0.3, -0.25) is 10.1 Å². The molecule has 0 saturated heterocycles. The molecule has 0 spiro atoms. The minimum Gasteiger partial charge on any atom is -0.490 e. The maximum atomic E-state index is 12.7. The maximum absolute atomic E-state index is 12.7. The third-order valence-electron chi connectivity index (χ3n) is 6.21. The molecule has 0 aromatic heterocycles. The third-order valence-corrected chi connectivity index (χ3v) is 6.21. The van der Waals surface area contributed by atoms with Crippen molar-refractivity contribution in [2.24, 2.45) is 0 Å². The van der Waals surface area contributed by atoms with Crippen LogP contribution in [0, 0.1) is 10.1 Å². The SMILES string of the molecule is CCOc1cc2c3cc(OCC)c(OCC)cc3c3c([N+](=O)[O-])c(OCC)c(OCC)cc3c2cc1OCC. The molecule has 4 aromatic rings. The summed E-state index contributed by atoms with van der Waals surface area (Å²) in [7, 11) is 0. The minimum absolute atomic E-state index is 0.0975. The topological polar surface area (TPSA) is 98.5 Å². The zero-order valence-corrected chi connectivity index (χ0v) is 23.3. The Labute approximate surface area is 227 Å². The summed E-state index contributed by atoms with van der Waals surface area (Å²) in [5.41, 5.74) is -0.164. The second-order valence-corrected chi connectivity index (χ2v) is 8.52. The lowest BCUT2D eigenvalue weighted by Crippen LogP contribution is -2.04. The zero-order chi connectivity index (χ0) is 28.1. The Morgan fingerprint density at radius 2 is 0.821 bits per heavy atom. The highest BCUT2D eigenvalue weighted by Gasteiger charge is 2.30. The summed E-state index contributed by atoms with van der Waals surface area (Å²) in [6, 6.07) is 9.30. The van der Waals surface area contributed by atoms with Gasteiger partial charge < -0.3 is 28.4 Å². The van der Waals surface area contributed by atoms with Crippen LogP contribution < -0.4 is 28.4 Å². The maximum Gasteiger partial charge on any atom is 0.323 e. The van der Waals surface area contributed by atoms with Crippen LogP contribution in [0.5, 0.6) is 34.5 Å². The summed E-state index contributed by atoms with van der Waals surface area (Å²) in [6.07, 6.45) is 0. The number of nitrogens with zero attached hydrogens (tertiary/aromatic N) is 1. The molecule has 0 bridgehead atoms. The Kier molecular flexibility index (Phi) is 8.69. The van der Waals surface area contributed by atoms with E-state index in [0.717, 1.165) is 16.2 Å². The molecule has 4 rings (SSSR count). The molecule has 0 aliphatic heterocycles. The summed E-state index contributed by atoms with van der Waals surface area (Å²) in [4.78, 5) is 12.3. The fourth-order valence-electron chi connectivity index (χ4n) is 4.90. The number of nitro benzene ring substituents is 1. The van der Waals surface area contributed by atoms with Gasteiger partial charge in [0, 0.05) is 10.8 Å². The molecule has 0 N–H and O–H groups in total.